The van der Waals surface area contributed by atoms with Gasteiger partial charge in [0.2, 0.25) is 11.0 Å². The zero-order valence-corrected chi connectivity index (χ0v) is 88.1. The molecule has 0 aliphatic rings. The molecule has 24 nitrogen and oxygen atoms in total. The number of aryl methyl sites for hydroxylation is 4. The van der Waals surface area contributed by atoms with Crippen molar-refractivity contribution in [2.24, 2.45) is 28.2 Å². The molecule has 0 spiro atoms. The van der Waals surface area contributed by atoms with E-state index in [0.717, 1.165) is 113 Å². The molecule has 6 heterocycles. The number of amides is 4. The third kappa shape index (κ3) is 36.4. The summed E-state index contributed by atoms with van der Waals surface area (Å²) in [6.45, 7) is 0. The number of rotatable bonds is 22. The second-order valence-corrected chi connectivity index (χ2v) is 29.3. The summed E-state index contributed by atoms with van der Waals surface area (Å²) in [7, 11) is 16.0. The zero-order valence-electron chi connectivity index (χ0n) is 75.2. The van der Waals surface area contributed by atoms with Crippen LogP contribution in [0.25, 0.3) is 21.8 Å². The van der Waals surface area contributed by atoms with Crippen LogP contribution in [-0.2, 0) is 28.2 Å². The predicted octanol–water partition coefficient (Wildman–Crippen LogP) is -3.60. The summed E-state index contributed by atoms with van der Waals surface area (Å²) in [5.74, 6) is -0.634. The van der Waals surface area contributed by atoms with Gasteiger partial charge >= 0.3 is 115 Å². The number of halogens is 6. The van der Waals surface area contributed by atoms with E-state index in [4.69, 9.17) is 11.5 Å². The van der Waals surface area contributed by atoms with E-state index in [9.17, 15) is 19.2 Å². The van der Waals surface area contributed by atoms with Crippen molar-refractivity contribution in [1.82, 2.24) is 0 Å². The molecule has 16 N–H and O–H groups in total. The Balaban J connectivity index is 0.000000597. The van der Waals surface area contributed by atoms with Crippen molar-refractivity contribution in [3.05, 3.63) is 375 Å². The first-order valence-electron chi connectivity index (χ1n) is 40.3. The van der Waals surface area contributed by atoms with E-state index in [1.54, 1.807) is 72.8 Å². The molecule has 133 heavy (non-hydrogen) atoms. The minimum atomic E-state index is -0.164. The van der Waals surface area contributed by atoms with Crippen LogP contribution in [0, 0.1) is 0 Å². The van der Waals surface area contributed by atoms with Crippen molar-refractivity contribution in [2.75, 3.05) is 103 Å². The van der Waals surface area contributed by atoms with Crippen LogP contribution in [0.1, 0.15) is 57.7 Å². The van der Waals surface area contributed by atoms with E-state index < -0.39 is 0 Å². The molecule has 0 saturated heterocycles. The van der Waals surface area contributed by atoms with Gasteiger partial charge in [-0.1, -0.05) is 27.0 Å². The second-order valence-electron chi connectivity index (χ2n) is 29.3. The number of nitrogens with zero attached hydrogens (tertiary/aromatic N) is 6. The summed E-state index contributed by atoms with van der Waals surface area (Å²) in [6.07, 6.45) is 19.6. The van der Waals surface area contributed by atoms with Crippen LogP contribution in [0.15, 0.2) is 353 Å². The number of hydrogen-bond acceptors (Lipinski definition) is 14. The molecule has 16 aromatic rings. The first kappa shape index (κ1) is 117. The number of nitrogens with two attached hydrogens (primary N) is 2. The Morgan fingerprint density at radius 2 is 0.519 bits per heavy atom. The maximum atomic E-state index is 12.9. The third-order valence-corrected chi connectivity index (χ3v) is 19.4. The SMILES string of the molecule is C.C.CN(C)c1ccc2[nH+]ccc(Nc3ccc(NC(=O)c4ccc(Nc5cc[n+](C)cc5)cc4)cc3)c2c1.CN(C)c1ccc2[nH+]ccc(Nc3ccc(NC(=O)c4cccc(Nc5cc[n+](C)cc5)c4)cc3)c2c1.C[n+]1ccc(Nc2ccc(C(=O)Nc3ccc(N)cc3)cc2)cc1.C[n+]1ccc(Nc2cccc(C(=O)Nc3ccc(N)cc3)c2)cc1.[Cl-].[Cl-].[Cl-].[Cl-].[Cl-].[Cl-].[H-].[K+].[K][K]. The fourth-order valence-corrected chi connectivity index (χ4v) is 12.6. The molecule has 0 fully saturated rings. The van der Waals surface area contributed by atoms with E-state index >= 15 is 0 Å². The standard InChI is InChI=1S/2C30H28N6O.2C19H18N4O.2CH4.6ClH.3K.H/c1-35(2)26-12-13-28-27(20-26)29(14-17-31-28)33-23-8-10-24(11-9-23)34-30(37)21-4-6-22(7-5-21)32-25-15-18-36(3)19-16-25;1-35(2)26-11-12-28-27(20-26)29(13-16-31-28)33-22-7-9-23(10-8-22)34-30(37)21-5-4-6-25(19-21)32-24-14-17-36(3)18-15-24;1-23-12-10-18(11-13-23)21-16-6-2-14(3-7-16)19(24)22-17-8-4-15(20)5-9-17;1-23-11-9-17(10-12-23)21-18-4-2-3-14(13-18)19(24)22-16-7-5-15(20)6-8-16;;;;;;;;;;;;/h2*4-20H,1-3H3,(H2,31,33,34,37);2*2-13H,20H2,1H3,(H,22,24);2*1H4;6*1H;;;;/q;;;;;;;;;;;;;;+1;-1. The fraction of sp³-hybridized carbons (Fsp3) is 0.100. The van der Waals surface area contributed by atoms with E-state index in [1.165, 1.54) is 63.2 Å². The van der Waals surface area contributed by atoms with Crippen molar-refractivity contribution in [3.8, 4) is 0 Å². The zero-order chi connectivity index (χ0) is 87.4. The van der Waals surface area contributed by atoms with Crippen LogP contribution in [0.3, 0.4) is 0 Å². The molecule has 0 atom stereocenters. The monoisotopic (exact) mass is 1980 g/mol. The van der Waals surface area contributed by atoms with Gasteiger partial charge in [-0.15, -0.1) is 0 Å². The van der Waals surface area contributed by atoms with Gasteiger partial charge in [0.1, 0.15) is 28.2 Å². The van der Waals surface area contributed by atoms with Crippen molar-refractivity contribution in [3.63, 3.8) is 0 Å². The van der Waals surface area contributed by atoms with Crippen molar-refractivity contribution < 1.29 is 175 Å². The number of aromatic amines is 2. The van der Waals surface area contributed by atoms with Crippen molar-refractivity contribution in [2.45, 2.75) is 14.9 Å². The quantitative estimate of drug-likeness (QED) is 0.0178. The van der Waals surface area contributed by atoms with Gasteiger partial charge in [0.15, 0.2) is 62.0 Å². The summed E-state index contributed by atoms with van der Waals surface area (Å²) in [4.78, 5) is 61.1. The Morgan fingerprint density at radius 1 is 0.286 bits per heavy atom. The molecule has 0 bridgehead atoms. The Kier molecular flexibility index (Phi) is 52.1. The third-order valence-electron chi connectivity index (χ3n) is 19.4. The molecule has 0 radical (unpaired) electrons. The number of carbonyl (C=O) groups excluding carboxylic acids is 4. The van der Waals surface area contributed by atoms with Crippen LogP contribution in [-0.4, -0.2) is 115 Å². The van der Waals surface area contributed by atoms with Gasteiger partial charge in [0.25, 0.3) is 23.6 Å². The van der Waals surface area contributed by atoms with E-state index in [1.807, 2.05) is 319 Å². The predicted molar refractivity (Wildman–Crippen MR) is 518 cm³/mol. The first-order chi connectivity index (χ1) is 60.1. The van der Waals surface area contributed by atoms with E-state index in [2.05, 4.69) is 109 Å². The van der Waals surface area contributed by atoms with Gasteiger partial charge in [0.05, 0.1) is 44.9 Å². The molecule has 0 unspecified atom stereocenters. The van der Waals surface area contributed by atoms with Gasteiger partial charge in [-0.25, -0.2) is 28.2 Å². The Hall–Kier alpha value is -9.85. The molecule has 0 saturated carbocycles. The van der Waals surface area contributed by atoms with Crippen LogP contribution in [0.5, 0.6) is 0 Å². The number of pyridine rings is 6. The molecule has 33 heteroatoms. The topological polar surface area (TPSA) is 291 Å². The number of fused-ring (bicyclic) bond motifs is 2. The summed E-state index contributed by atoms with van der Waals surface area (Å²) >= 11 is 2.50. The minimum absolute atomic E-state index is 0. The summed E-state index contributed by atoms with van der Waals surface area (Å²) < 4.78 is 7.87. The summed E-state index contributed by atoms with van der Waals surface area (Å²) in [6, 6.07) is 91.7. The number of benzene rings is 10. The van der Waals surface area contributed by atoms with Crippen molar-refractivity contribution in [1.29, 1.82) is 0 Å². The number of aromatic nitrogens is 6. The normalized spacial score (nSPS) is 9.68. The number of nitrogen functional groups attached to an aromatic ring is 2. The molecule has 16 rings (SSSR count). The molecular formula is C100H107Cl6K3N20O4. The van der Waals surface area contributed by atoms with Crippen LogP contribution < -0.4 is 228 Å². The summed E-state index contributed by atoms with van der Waals surface area (Å²) in [5, 5.41) is 34.1. The first-order valence-corrected chi connectivity index (χ1v) is 56.3. The van der Waals surface area contributed by atoms with Crippen LogP contribution in [0.4, 0.5) is 114 Å². The molecule has 4 amide bonds. The molecular weight excluding hydrogens is 1880 g/mol. The Bertz CT molecular complexity index is 6310. The summed E-state index contributed by atoms with van der Waals surface area (Å²) in [5.41, 5.74) is 33.6. The van der Waals surface area contributed by atoms with Crippen LogP contribution in [0.2, 0.25) is 0 Å². The average Bonchev–Trinajstić information content (AvgIpc) is 0.805. The molecule has 0 aliphatic carbocycles. The molecule has 0 aliphatic heterocycles. The van der Waals surface area contributed by atoms with Gasteiger partial charge in [-0.05, 0) is 206 Å². The molecule has 10 aromatic carbocycles. The van der Waals surface area contributed by atoms with Crippen LogP contribution >= 0.6 is 0 Å². The maximum absolute atomic E-state index is 12.9. The Labute approximate surface area is 905 Å². The number of H-pyrrole nitrogens is 2. The van der Waals surface area contributed by atoms with Crippen molar-refractivity contribution >= 4 is 222 Å². The van der Waals surface area contributed by atoms with Gasteiger partial charge in [-0.2, -0.15) is 0 Å². The average molecular weight is 1980 g/mol. The fourth-order valence-electron chi connectivity index (χ4n) is 12.6. The Morgan fingerprint density at radius 3 is 0.797 bits per heavy atom. The second kappa shape index (κ2) is 59.1. The van der Waals surface area contributed by atoms with Gasteiger partial charge in [-0.3, -0.25) is 19.2 Å². The number of nitrogens with one attached hydrogen (secondary N) is 12. The number of carbonyl (C=O) groups is 4. The molecule has 6 aromatic heterocycles. The number of anilines is 20. The van der Waals surface area contributed by atoms with Gasteiger partial charge in [0, 0.05) is 203 Å². The van der Waals surface area contributed by atoms with Gasteiger partial charge < -0.3 is 150 Å². The van der Waals surface area contributed by atoms with E-state index in [-0.39, 0.29) is 166 Å². The van der Waals surface area contributed by atoms with E-state index in [0.29, 0.717) is 45.0 Å². The molecule has 676 valence electrons. The number of hydrogen-bond donors (Lipinski definition) is 12.